The lowest BCUT2D eigenvalue weighted by atomic mass is 10.1. The van der Waals surface area contributed by atoms with Crippen molar-refractivity contribution in [2.24, 2.45) is 0 Å². The normalized spacial score (nSPS) is 15.5. The zero-order valence-corrected chi connectivity index (χ0v) is 20.4. The van der Waals surface area contributed by atoms with Crippen LogP contribution in [0.15, 0.2) is 52.7 Å². The molecule has 1 fully saturated rings. The van der Waals surface area contributed by atoms with Crippen molar-refractivity contribution in [1.82, 2.24) is 9.29 Å². The van der Waals surface area contributed by atoms with Gasteiger partial charge in [0, 0.05) is 38.0 Å². The number of rotatable bonds is 6. The maximum Gasteiger partial charge on any atom is 0.416 e. The summed E-state index contributed by atoms with van der Waals surface area (Å²) in [5, 5.41) is 2.49. The molecule has 2 aromatic carbocycles. The molecule has 4 rings (SSSR count). The lowest BCUT2D eigenvalue weighted by Gasteiger charge is -2.34. The number of ether oxygens (including phenoxy) is 1. The number of benzene rings is 2. The predicted octanol–water partition coefficient (Wildman–Crippen LogP) is 4.93. The highest BCUT2D eigenvalue weighted by molar-refractivity contribution is 7.89. The molecule has 0 radical (unpaired) electrons. The van der Waals surface area contributed by atoms with Crippen molar-refractivity contribution in [3.05, 3.63) is 69.7 Å². The van der Waals surface area contributed by atoms with Gasteiger partial charge in [0.15, 0.2) is 5.13 Å². The second kappa shape index (κ2) is 9.73. The van der Waals surface area contributed by atoms with Crippen molar-refractivity contribution in [3.63, 3.8) is 0 Å². The minimum atomic E-state index is -4.67. The Kier molecular flexibility index (Phi) is 7.09. The van der Waals surface area contributed by atoms with Gasteiger partial charge in [0.25, 0.3) is 0 Å². The van der Waals surface area contributed by atoms with Crippen LogP contribution in [0.5, 0.6) is 5.75 Å². The average Bonchev–Trinajstić information content (AvgIpc) is 3.27. The van der Waals surface area contributed by atoms with Crippen LogP contribution in [-0.2, 0) is 22.6 Å². The van der Waals surface area contributed by atoms with Gasteiger partial charge in [0.1, 0.15) is 10.6 Å². The minimum absolute atomic E-state index is 0.111. The van der Waals surface area contributed by atoms with E-state index in [2.05, 4.69) is 4.98 Å². The zero-order chi connectivity index (χ0) is 24.5. The summed E-state index contributed by atoms with van der Waals surface area (Å²) in [7, 11) is -2.57. The van der Waals surface area contributed by atoms with Gasteiger partial charge in [-0.25, -0.2) is 13.4 Å². The molecule has 12 heteroatoms. The first-order valence-corrected chi connectivity index (χ1v) is 13.0. The van der Waals surface area contributed by atoms with Crippen molar-refractivity contribution < 1.29 is 26.3 Å². The quantitative estimate of drug-likeness (QED) is 0.451. The molecule has 1 aliphatic rings. The third-order valence-corrected chi connectivity index (χ3v) is 8.77. The summed E-state index contributed by atoms with van der Waals surface area (Å²) in [6.07, 6.45) is -4.03. The van der Waals surface area contributed by atoms with E-state index in [1.165, 1.54) is 11.3 Å². The summed E-state index contributed by atoms with van der Waals surface area (Å²) >= 11 is 7.43. The molecule has 0 atom stereocenters. The third-order valence-electron chi connectivity index (χ3n) is 5.44. The van der Waals surface area contributed by atoms with Crippen molar-refractivity contribution >= 4 is 38.1 Å². The molecule has 0 bridgehead atoms. The van der Waals surface area contributed by atoms with Crippen molar-refractivity contribution in [3.8, 4) is 5.75 Å². The van der Waals surface area contributed by atoms with E-state index in [-0.39, 0.29) is 18.1 Å². The second-order valence-electron chi connectivity index (χ2n) is 7.68. The molecule has 182 valence electrons. The van der Waals surface area contributed by atoms with Crippen LogP contribution >= 0.6 is 22.9 Å². The average molecular weight is 532 g/mol. The Balaban J connectivity index is 1.44. The van der Waals surface area contributed by atoms with Gasteiger partial charge in [-0.3, -0.25) is 0 Å². The summed E-state index contributed by atoms with van der Waals surface area (Å²) in [6, 6.07) is 10.0. The number of alkyl halides is 3. The molecule has 6 nitrogen and oxygen atoms in total. The Morgan fingerprint density at radius 2 is 1.85 bits per heavy atom. The molecular formula is C22H21ClF3N3O3S2. The highest BCUT2D eigenvalue weighted by Crippen LogP contribution is 2.35. The van der Waals surface area contributed by atoms with Gasteiger partial charge in [-0.15, -0.1) is 11.3 Å². The van der Waals surface area contributed by atoms with E-state index in [0.29, 0.717) is 25.6 Å². The number of hydrogen-bond acceptors (Lipinski definition) is 6. The fourth-order valence-corrected chi connectivity index (χ4v) is 6.45. The Bertz CT molecular complexity index is 1270. The Labute approximate surface area is 204 Å². The minimum Gasteiger partial charge on any atom is -0.497 e. The van der Waals surface area contributed by atoms with Gasteiger partial charge in [0.05, 0.1) is 23.4 Å². The molecule has 0 saturated carbocycles. The molecular weight excluding hydrogens is 511 g/mol. The fourth-order valence-electron chi connectivity index (χ4n) is 3.65. The molecule has 0 aliphatic carbocycles. The highest BCUT2D eigenvalue weighted by Gasteiger charge is 2.35. The van der Waals surface area contributed by atoms with E-state index >= 15 is 0 Å². The number of anilines is 1. The van der Waals surface area contributed by atoms with Crippen LogP contribution in [0.3, 0.4) is 0 Å². The first-order chi connectivity index (χ1) is 16.1. The molecule has 0 spiro atoms. The maximum atomic E-state index is 13.1. The fraction of sp³-hybridized carbons (Fsp3) is 0.318. The Hall–Kier alpha value is -2.34. The van der Waals surface area contributed by atoms with Crippen molar-refractivity contribution in [1.29, 1.82) is 0 Å². The van der Waals surface area contributed by atoms with Crippen LogP contribution in [-0.4, -0.2) is 51.0 Å². The van der Waals surface area contributed by atoms with Gasteiger partial charge in [-0.05, 0) is 35.9 Å². The lowest BCUT2D eigenvalue weighted by Crippen LogP contribution is -2.48. The number of piperazine rings is 1. The van der Waals surface area contributed by atoms with Gasteiger partial charge in [-0.2, -0.15) is 17.5 Å². The number of hydrogen-bond donors (Lipinski definition) is 0. The third kappa shape index (κ3) is 5.32. The number of sulfonamides is 1. The molecule has 1 saturated heterocycles. The van der Waals surface area contributed by atoms with Crippen LogP contribution in [0.4, 0.5) is 18.3 Å². The molecule has 1 aromatic heterocycles. The standard InChI is InChI=1S/C22H21ClF3N3O3S2/c1-32-18-4-2-3-15(12-18)11-17-14-33-21(27-17)28-7-9-29(10-8-28)34(30,31)20-13-16(22(24,25)26)5-6-19(20)23/h2-6,12-14H,7-11H2,1H3. The zero-order valence-electron chi connectivity index (χ0n) is 18.0. The van der Waals surface area contributed by atoms with Gasteiger partial charge < -0.3 is 9.64 Å². The summed E-state index contributed by atoms with van der Waals surface area (Å²) in [5.41, 5.74) is 0.893. The van der Waals surface area contributed by atoms with Crippen LogP contribution in [0.25, 0.3) is 0 Å². The maximum absolute atomic E-state index is 13.1. The van der Waals surface area contributed by atoms with Crippen molar-refractivity contribution in [2.75, 3.05) is 38.2 Å². The van der Waals surface area contributed by atoms with E-state index in [9.17, 15) is 21.6 Å². The number of aromatic nitrogens is 1. The Morgan fingerprint density at radius 3 is 2.53 bits per heavy atom. The molecule has 3 aromatic rings. The van der Waals surface area contributed by atoms with Gasteiger partial charge in [0.2, 0.25) is 10.0 Å². The summed E-state index contributed by atoms with van der Waals surface area (Å²) in [5.74, 6) is 0.770. The number of nitrogens with zero attached hydrogens (tertiary/aromatic N) is 3. The molecule has 2 heterocycles. The van der Waals surface area contributed by atoms with E-state index in [1.54, 1.807) is 7.11 Å². The van der Waals surface area contributed by atoms with E-state index in [1.807, 2.05) is 34.5 Å². The molecule has 1 aliphatic heterocycles. The number of methoxy groups -OCH3 is 1. The SMILES string of the molecule is COc1cccc(Cc2csc(N3CCN(S(=O)(=O)c4cc(C(F)(F)F)ccc4Cl)CC3)n2)c1. The van der Waals surface area contributed by atoms with Crippen LogP contribution in [0, 0.1) is 0 Å². The molecule has 0 amide bonds. The molecule has 0 unspecified atom stereocenters. The monoisotopic (exact) mass is 531 g/mol. The largest absolute Gasteiger partial charge is 0.497 e. The summed E-state index contributed by atoms with van der Waals surface area (Å²) in [6.45, 7) is 0.948. The highest BCUT2D eigenvalue weighted by atomic mass is 35.5. The molecule has 34 heavy (non-hydrogen) atoms. The Morgan fingerprint density at radius 1 is 1.12 bits per heavy atom. The van der Waals surface area contributed by atoms with E-state index < -0.39 is 26.7 Å². The number of halogens is 4. The van der Waals surface area contributed by atoms with Gasteiger partial charge in [-0.1, -0.05) is 23.7 Å². The summed E-state index contributed by atoms with van der Waals surface area (Å²) < 4.78 is 71.7. The first kappa shape index (κ1) is 24.8. The van der Waals surface area contributed by atoms with Crippen LogP contribution < -0.4 is 9.64 Å². The molecule has 0 N–H and O–H groups in total. The van der Waals surface area contributed by atoms with Crippen LogP contribution in [0.1, 0.15) is 16.8 Å². The summed E-state index contributed by atoms with van der Waals surface area (Å²) in [4.78, 5) is 6.11. The second-order valence-corrected chi connectivity index (χ2v) is 10.8. The lowest BCUT2D eigenvalue weighted by molar-refractivity contribution is -0.137. The first-order valence-electron chi connectivity index (χ1n) is 10.3. The smallest absolute Gasteiger partial charge is 0.416 e. The predicted molar refractivity (Wildman–Crippen MR) is 125 cm³/mol. The van der Waals surface area contributed by atoms with Crippen LogP contribution in [0.2, 0.25) is 5.02 Å². The van der Waals surface area contributed by atoms with E-state index in [4.69, 9.17) is 16.3 Å². The van der Waals surface area contributed by atoms with Gasteiger partial charge >= 0.3 is 6.18 Å². The topological polar surface area (TPSA) is 62.7 Å². The van der Waals surface area contributed by atoms with Crippen molar-refractivity contribution in [2.45, 2.75) is 17.5 Å². The number of thiazole rings is 1. The van der Waals surface area contributed by atoms with E-state index in [0.717, 1.165) is 38.6 Å².